The van der Waals surface area contributed by atoms with Crippen LogP contribution in [0.25, 0.3) is 0 Å². The van der Waals surface area contributed by atoms with E-state index in [0.717, 1.165) is 0 Å². The van der Waals surface area contributed by atoms with Gasteiger partial charge in [-0.05, 0) is 19.1 Å². The average Bonchev–Trinajstić information content (AvgIpc) is 2.75. The molecule has 0 saturated heterocycles. The van der Waals surface area contributed by atoms with Crippen LogP contribution in [0.15, 0.2) is 29.8 Å². The van der Waals surface area contributed by atoms with Crippen molar-refractivity contribution in [3.63, 3.8) is 0 Å². The SMILES string of the molecule is Cc1ncsc1C(=O)CC(=O)c1cccc(Cl)c1. The third-order valence-corrected chi connectivity index (χ3v) is 3.67. The zero-order valence-electron chi connectivity index (χ0n) is 9.64. The zero-order valence-corrected chi connectivity index (χ0v) is 11.2. The monoisotopic (exact) mass is 279 g/mol. The van der Waals surface area contributed by atoms with Gasteiger partial charge in [-0.15, -0.1) is 11.3 Å². The molecule has 0 spiro atoms. The number of ketones is 2. The minimum atomic E-state index is -0.227. The van der Waals surface area contributed by atoms with Crippen LogP contribution in [0.2, 0.25) is 5.02 Å². The largest absolute Gasteiger partial charge is 0.294 e. The molecule has 1 heterocycles. The quantitative estimate of drug-likeness (QED) is 0.635. The Balaban J connectivity index is 2.13. The van der Waals surface area contributed by atoms with Gasteiger partial charge in [-0.2, -0.15) is 0 Å². The molecule has 2 aromatic rings. The fourth-order valence-corrected chi connectivity index (χ4v) is 2.49. The number of rotatable bonds is 4. The second kappa shape index (κ2) is 5.42. The number of halogens is 1. The summed E-state index contributed by atoms with van der Waals surface area (Å²) in [5, 5.41) is 0.488. The van der Waals surface area contributed by atoms with E-state index in [1.165, 1.54) is 11.3 Å². The number of aryl methyl sites for hydroxylation is 1. The first-order chi connectivity index (χ1) is 8.58. The molecule has 2 rings (SSSR count). The summed E-state index contributed by atoms with van der Waals surface area (Å²) in [4.78, 5) is 28.4. The first kappa shape index (κ1) is 12.9. The molecular weight excluding hydrogens is 270 g/mol. The predicted octanol–water partition coefficient (Wildman–Crippen LogP) is 3.56. The van der Waals surface area contributed by atoms with Gasteiger partial charge in [-0.3, -0.25) is 9.59 Å². The molecule has 1 aromatic carbocycles. The minimum absolute atomic E-state index is 0.149. The fraction of sp³-hybridized carbons (Fsp3) is 0.154. The molecule has 0 aliphatic heterocycles. The molecule has 18 heavy (non-hydrogen) atoms. The van der Waals surface area contributed by atoms with Crippen LogP contribution in [-0.4, -0.2) is 16.6 Å². The Labute approximate surface area is 113 Å². The lowest BCUT2D eigenvalue weighted by atomic mass is 10.1. The standard InChI is InChI=1S/C13H10ClNO2S/c1-8-13(18-7-15-8)12(17)6-11(16)9-3-2-4-10(14)5-9/h2-5,7H,6H2,1H3. The molecule has 0 aliphatic carbocycles. The lowest BCUT2D eigenvalue weighted by molar-refractivity contribution is 0.0896. The van der Waals surface area contributed by atoms with Gasteiger partial charge in [0.25, 0.3) is 0 Å². The van der Waals surface area contributed by atoms with Crippen LogP contribution in [0.1, 0.15) is 32.1 Å². The van der Waals surface area contributed by atoms with Crippen molar-refractivity contribution in [1.82, 2.24) is 4.98 Å². The first-order valence-electron chi connectivity index (χ1n) is 5.30. The predicted molar refractivity (Wildman–Crippen MR) is 71.6 cm³/mol. The van der Waals surface area contributed by atoms with Crippen LogP contribution >= 0.6 is 22.9 Å². The van der Waals surface area contributed by atoms with Gasteiger partial charge in [-0.1, -0.05) is 23.7 Å². The Morgan fingerprint density at radius 2 is 2.11 bits per heavy atom. The molecule has 0 unspecified atom stereocenters. The second-order valence-corrected chi connectivity index (χ2v) is 5.09. The van der Waals surface area contributed by atoms with E-state index < -0.39 is 0 Å². The maximum Gasteiger partial charge on any atom is 0.182 e. The molecule has 0 saturated carbocycles. The summed E-state index contributed by atoms with van der Waals surface area (Å²) in [6, 6.07) is 6.60. The van der Waals surface area contributed by atoms with Crippen molar-refractivity contribution < 1.29 is 9.59 Å². The summed E-state index contributed by atoms with van der Waals surface area (Å²) in [7, 11) is 0. The molecule has 1 aromatic heterocycles. The molecule has 92 valence electrons. The van der Waals surface area contributed by atoms with Gasteiger partial charge < -0.3 is 0 Å². The summed E-state index contributed by atoms with van der Waals surface area (Å²) < 4.78 is 0. The average molecular weight is 280 g/mol. The Kier molecular flexibility index (Phi) is 3.89. The van der Waals surface area contributed by atoms with Crippen LogP contribution in [0.5, 0.6) is 0 Å². The second-order valence-electron chi connectivity index (χ2n) is 3.80. The van der Waals surface area contributed by atoms with Crippen LogP contribution in [0.4, 0.5) is 0 Å². The van der Waals surface area contributed by atoms with Crippen LogP contribution in [0, 0.1) is 6.92 Å². The molecule has 3 nitrogen and oxygen atoms in total. The molecule has 0 bridgehead atoms. The third kappa shape index (κ3) is 2.83. The maximum atomic E-state index is 11.9. The molecule has 0 radical (unpaired) electrons. The molecular formula is C13H10ClNO2S. The zero-order chi connectivity index (χ0) is 13.1. The Bertz CT molecular complexity index is 607. The Hall–Kier alpha value is -1.52. The van der Waals surface area contributed by atoms with E-state index in [4.69, 9.17) is 11.6 Å². The van der Waals surface area contributed by atoms with Crippen molar-refractivity contribution in [1.29, 1.82) is 0 Å². The lowest BCUT2D eigenvalue weighted by Gasteiger charge is -2.00. The third-order valence-electron chi connectivity index (χ3n) is 2.47. The highest BCUT2D eigenvalue weighted by atomic mass is 35.5. The number of thiazole rings is 1. The van der Waals surface area contributed by atoms with E-state index in [9.17, 15) is 9.59 Å². The fourth-order valence-electron chi connectivity index (χ4n) is 1.56. The first-order valence-corrected chi connectivity index (χ1v) is 6.55. The normalized spacial score (nSPS) is 10.3. The van der Waals surface area contributed by atoms with Crippen LogP contribution < -0.4 is 0 Å². The van der Waals surface area contributed by atoms with Gasteiger partial charge in [0.1, 0.15) is 0 Å². The van der Waals surface area contributed by atoms with Crippen LogP contribution in [-0.2, 0) is 0 Å². The van der Waals surface area contributed by atoms with Crippen molar-refractivity contribution in [2.45, 2.75) is 13.3 Å². The van der Waals surface area contributed by atoms with Gasteiger partial charge in [0.2, 0.25) is 0 Å². The van der Waals surface area contributed by atoms with Crippen molar-refractivity contribution in [2.75, 3.05) is 0 Å². The number of nitrogens with zero attached hydrogens (tertiary/aromatic N) is 1. The van der Waals surface area contributed by atoms with Crippen molar-refractivity contribution >= 4 is 34.5 Å². The molecule has 0 amide bonds. The van der Waals surface area contributed by atoms with E-state index in [0.29, 0.717) is 21.2 Å². The number of aromatic nitrogens is 1. The lowest BCUT2D eigenvalue weighted by Crippen LogP contribution is -2.08. The van der Waals surface area contributed by atoms with E-state index in [1.54, 1.807) is 36.7 Å². The highest BCUT2D eigenvalue weighted by Crippen LogP contribution is 2.17. The van der Waals surface area contributed by atoms with Crippen molar-refractivity contribution in [2.24, 2.45) is 0 Å². The van der Waals surface area contributed by atoms with Crippen molar-refractivity contribution in [3.05, 3.63) is 50.9 Å². The minimum Gasteiger partial charge on any atom is -0.294 e. The highest BCUT2D eigenvalue weighted by molar-refractivity contribution is 7.12. The Morgan fingerprint density at radius 1 is 1.33 bits per heavy atom. The number of Topliss-reactive ketones (excluding diaryl/α,β-unsaturated/α-hetero) is 2. The topological polar surface area (TPSA) is 47.0 Å². The summed E-state index contributed by atoms with van der Waals surface area (Å²) in [6.07, 6.45) is -0.149. The number of carbonyl (C=O) groups is 2. The Morgan fingerprint density at radius 3 is 2.72 bits per heavy atom. The van der Waals surface area contributed by atoms with E-state index >= 15 is 0 Å². The summed E-state index contributed by atoms with van der Waals surface area (Å²) in [5.41, 5.74) is 2.73. The molecule has 0 atom stereocenters. The smallest absolute Gasteiger partial charge is 0.182 e. The number of hydrogen-bond acceptors (Lipinski definition) is 4. The molecule has 0 aliphatic rings. The number of benzene rings is 1. The maximum absolute atomic E-state index is 11.9. The molecule has 0 N–H and O–H groups in total. The summed E-state index contributed by atoms with van der Waals surface area (Å²) >= 11 is 7.06. The number of carbonyl (C=O) groups excluding carboxylic acids is 2. The van der Waals surface area contributed by atoms with E-state index in [2.05, 4.69) is 4.98 Å². The van der Waals surface area contributed by atoms with Gasteiger partial charge >= 0.3 is 0 Å². The van der Waals surface area contributed by atoms with Crippen LogP contribution in [0.3, 0.4) is 0 Å². The van der Waals surface area contributed by atoms with Gasteiger partial charge in [0.05, 0.1) is 22.5 Å². The van der Waals surface area contributed by atoms with E-state index in [-0.39, 0.29) is 18.0 Å². The number of hydrogen-bond donors (Lipinski definition) is 0. The van der Waals surface area contributed by atoms with Gasteiger partial charge in [0.15, 0.2) is 11.6 Å². The molecule has 0 fully saturated rings. The van der Waals surface area contributed by atoms with Gasteiger partial charge in [-0.25, -0.2) is 4.98 Å². The highest BCUT2D eigenvalue weighted by Gasteiger charge is 2.17. The van der Waals surface area contributed by atoms with Gasteiger partial charge in [0, 0.05) is 10.6 Å². The van der Waals surface area contributed by atoms with E-state index in [1.807, 2.05) is 0 Å². The summed E-state index contributed by atoms with van der Waals surface area (Å²) in [5.74, 6) is -0.421. The molecule has 5 heteroatoms. The van der Waals surface area contributed by atoms with Crippen molar-refractivity contribution in [3.8, 4) is 0 Å². The summed E-state index contributed by atoms with van der Waals surface area (Å²) in [6.45, 7) is 1.76.